The summed E-state index contributed by atoms with van der Waals surface area (Å²) in [4.78, 5) is 16.8. The van der Waals surface area contributed by atoms with Crippen LogP contribution in [0.25, 0.3) is 21.2 Å². The van der Waals surface area contributed by atoms with Crippen LogP contribution in [0.4, 0.5) is 0 Å². The molecule has 1 N–H and O–H groups in total. The molecule has 0 bridgehead atoms. The highest BCUT2D eigenvalue weighted by atomic mass is 35.5. The highest BCUT2D eigenvalue weighted by Crippen LogP contribution is 2.42. The molecule has 0 unspecified atom stereocenters. The van der Waals surface area contributed by atoms with Crippen molar-refractivity contribution < 1.29 is 14.6 Å². The Morgan fingerprint density at radius 2 is 1.94 bits per heavy atom. The minimum Gasteiger partial charge on any atom is -0.508 e. The van der Waals surface area contributed by atoms with Gasteiger partial charge in [0.15, 0.2) is 0 Å². The summed E-state index contributed by atoms with van der Waals surface area (Å²) in [5, 5.41) is 11.6. The van der Waals surface area contributed by atoms with Gasteiger partial charge in [-0.2, -0.15) is 0 Å². The number of aryl methyl sites for hydroxylation is 1. The molecule has 0 amide bonds. The number of halogens is 1. The number of hydrogen-bond donors (Lipinski definition) is 1. The molecule has 5 rings (SSSR count). The molecule has 4 aromatic rings. The molecule has 180 valence electrons. The van der Waals surface area contributed by atoms with Crippen LogP contribution in [0.1, 0.15) is 34.1 Å². The number of phenolic OH excluding ortho intramolecular Hbond substituents is 1. The maximum Gasteiger partial charge on any atom is 0.203 e. The second kappa shape index (κ2) is 10.0. The minimum atomic E-state index is -0.0463. The van der Waals surface area contributed by atoms with Crippen LogP contribution in [0, 0.1) is 12.8 Å². The molecule has 4 nitrogen and oxygen atoms in total. The molecule has 35 heavy (non-hydrogen) atoms. The van der Waals surface area contributed by atoms with Gasteiger partial charge in [-0.25, -0.2) is 0 Å². The van der Waals surface area contributed by atoms with E-state index in [1.807, 2.05) is 43.3 Å². The van der Waals surface area contributed by atoms with E-state index in [2.05, 4.69) is 11.8 Å². The number of ketones is 1. The molecule has 1 aromatic heterocycles. The molecular formula is C29H28ClNO3S. The van der Waals surface area contributed by atoms with Crippen LogP contribution in [0.15, 0.2) is 60.7 Å². The zero-order valence-corrected chi connectivity index (χ0v) is 21.5. The highest BCUT2D eigenvalue weighted by Gasteiger charge is 2.23. The summed E-state index contributed by atoms with van der Waals surface area (Å²) in [7, 11) is 0. The van der Waals surface area contributed by atoms with E-state index in [9.17, 15) is 9.90 Å². The summed E-state index contributed by atoms with van der Waals surface area (Å²) in [5.41, 5.74) is 3.28. The number of hydrogen-bond acceptors (Lipinski definition) is 5. The van der Waals surface area contributed by atoms with Crippen molar-refractivity contribution in [3.8, 4) is 22.6 Å². The number of fused-ring (bicyclic) bond motifs is 1. The maximum absolute atomic E-state index is 13.7. The third-order valence-corrected chi connectivity index (χ3v) is 8.03. The predicted octanol–water partition coefficient (Wildman–Crippen LogP) is 7.19. The lowest BCUT2D eigenvalue weighted by molar-refractivity contribution is 0.104. The first-order valence-electron chi connectivity index (χ1n) is 11.9. The number of carbonyl (C=O) groups excluding carboxylic acids is 1. The monoisotopic (exact) mass is 505 g/mol. The minimum absolute atomic E-state index is 0.0463. The van der Waals surface area contributed by atoms with E-state index in [0.717, 1.165) is 58.1 Å². The van der Waals surface area contributed by atoms with Gasteiger partial charge in [-0.3, -0.25) is 9.69 Å². The van der Waals surface area contributed by atoms with Gasteiger partial charge in [0, 0.05) is 39.3 Å². The Labute approximate surface area is 214 Å². The first-order valence-corrected chi connectivity index (χ1v) is 13.1. The van der Waals surface area contributed by atoms with Crippen LogP contribution in [-0.2, 0) is 0 Å². The van der Waals surface area contributed by atoms with Crippen LogP contribution in [0.5, 0.6) is 11.5 Å². The Kier molecular flexibility index (Phi) is 6.83. The van der Waals surface area contributed by atoms with Crippen LogP contribution < -0.4 is 4.74 Å². The van der Waals surface area contributed by atoms with E-state index in [4.69, 9.17) is 16.3 Å². The Balaban J connectivity index is 1.44. The van der Waals surface area contributed by atoms with Gasteiger partial charge >= 0.3 is 0 Å². The molecule has 0 spiro atoms. The smallest absolute Gasteiger partial charge is 0.203 e. The third kappa shape index (κ3) is 5.08. The second-order valence-electron chi connectivity index (χ2n) is 9.34. The van der Waals surface area contributed by atoms with Gasteiger partial charge < -0.3 is 9.84 Å². The fourth-order valence-corrected chi connectivity index (χ4v) is 6.21. The quantitative estimate of drug-likeness (QED) is 0.270. The number of thiophene rings is 1. The van der Waals surface area contributed by atoms with Gasteiger partial charge in [0.25, 0.3) is 0 Å². The van der Waals surface area contributed by atoms with Gasteiger partial charge in [-0.05, 0) is 85.5 Å². The lowest BCUT2D eigenvalue weighted by atomic mass is 9.96. The third-order valence-electron chi connectivity index (χ3n) is 6.64. The summed E-state index contributed by atoms with van der Waals surface area (Å²) in [6, 6.07) is 18.5. The second-order valence-corrected chi connectivity index (χ2v) is 10.8. The lowest BCUT2D eigenvalue weighted by Gasteiger charge is -2.15. The van der Waals surface area contributed by atoms with Crippen molar-refractivity contribution in [3.63, 3.8) is 0 Å². The maximum atomic E-state index is 13.7. The van der Waals surface area contributed by atoms with E-state index in [1.54, 1.807) is 24.3 Å². The first kappa shape index (κ1) is 23.9. The number of ether oxygens (including phenoxy) is 1. The molecule has 0 aliphatic carbocycles. The van der Waals surface area contributed by atoms with Crippen molar-refractivity contribution in [1.29, 1.82) is 0 Å². The van der Waals surface area contributed by atoms with Crippen LogP contribution in [-0.4, -0.2) is 42.0 Å². The van der Waals surface area contributed by atoms with Crippen LogP contribution >= 0.6 is 22.9 Å². The SMILES string of the molecule is Cc1cc(Cl)ccc1C(=O)c1sc2cc(O)ccc2c1-c1ccc(OCCN2CC[C@@H](C)C2)cc1. The number of phenols is 1. The van der Waals surface area contributed by atoms with E-state index in [0.29, 0.717) is 22.1 Å². The van der Waals surface area contributed by atoms with E-state index in [-0.39, 0.29) is 11.5 Å². The summed E-state index contributed by atoms with van der Waals surface area (Å²) in [5.74, 6) is 1.72. The molecule has 0 radical (unpaired) electrons. The molecular weight excluding hydrogens is 478 g/mol. The summed E-state index contributed by atoms with van der Waals surface area (Å²) in [6.45, 7) is 8.08. The lowest BCUT2D eigenvalue weighted by Crippen LogP contribution is -2.25. The number of carbonyl (C=O) groups is 1. The molecule has 0 saturated carbocycles. The topological polar surface area (TPSA) is 49.8 Å². The average Bonchev–Trinajstić information content (AvgIpc) is 3.42. The number of benzene rings is 3. The van der Waals surface area contributed by atoms with Crippen LogP contribution in [0.2, 0.25) is 5.02 Å². The van der Waals surface area contributed by atoms with E-state index < -0.39 is 0 Å². The normalized spacial score (nSPS) is 16.1. The van der Waals surface area contributed by atoms with Gasteiger partial charge in [-0.1, -0.05) is 30.7 Å². The number of rotatable bonds is 7. The molecule has 1 aliphatic rings. The molecule has 1 aliphatic heterocycles. The zero-order valence-electron chi connectivity index (χ0n) is 19.9. The van der Waals surface area contributed by atoms with Gasteiger partial charge in [0.05, 0.1) is 4.88 Å². The highest BCUT2D eigenvalue weighted by molar-refractivity contribution is 7.21. The van der Waals surface area contributed by atoms with Crippen molar-refractivity contribution in [2.45, 2.75) is 20.3 Å². The van der Waals surface area contributed by atoms with Crippen molar-refractivity contribution >= 4 is 38.8 Å². The Bertz CT molecular complexity index is 1380. The van der Waals surface area contributed by atoms with Crippen molar-refractivity contribution in [3.05, 3.63) is 81.7 Å². The first-order chi connectivity index (χ1) is 16.9. The molecule has 6 heteroatoms. The average molecular weight is 506 g/mol. The molecule has 1 saturated heterocycles. The summed E-state index contributed by atoms with van der Waals surface area (Å²) in [6.07, 6.45) is 1.26. The largest absolute Gasteiger partial charge is 0.508 e. The van der Waals surface area contributed by atoms with Gasteiger partial charge in [-0.15, -0.1) is 11.3 Å². The van der Waals surface area contributed by atoms with Crippen molar-refractivity contribution in [1.82, 2.24) is 4.90 Å². The van der Waals surface area contributed by atoms with E-state index >= 15 is 0 Å². The van der Waals surface area contributed by atoms with Gasteiger partial charge in [0.1, 0.15) is 18.1 Å². The van der Waals surface area contributed by atoms with Gasteiger partial charge in [0.2, 0.25) is 5.78 Å². The predicted molar refractivity (Wildman–Crippen MR) is 144 cm³/mol. The standard InChI is InChI=1S/C29H28ClNO3S/c1-18-11-12-31(17-18)13-14-34-23-7-3-20(4-8-23)27-25-10-6-22(32)16-26(25)35-29(27)28(33)24-9-5-21(30)15-19(24)2/h3-10,15-16,18,32H,11-14,17H2,1-2H3/t18-/m1/s1. The fraction of sp³-hybridized carbons (Fsp3) is 0.276. The number of nitrogens with zero attached hydrogens (tertiary/aromatic N) is 1. The van der Waals surface area contributed by atoms with Crippen molar-refractivity contribution in [2.75, 3.05) is 26.2 Å². The Morgan fingerprint density at radius 1 is 1.14 bits per heavy atom. The number of likely N-dealkylation sites (tertiary alicyclic amines) is 1. The van der Waals surface area contributed by atoms with Crippen LogP contribution in [0.3, 0.4) is 0 Å². The van der Waals surface area contributed by atoms with Crippen molar-refractivity contribution in [2.24, 2.45) is 5.92 Å². The summed E-state index contributed by atoms with van der Waals surface area (Å²) >= 11 is 7.52. The number of aromatic hydroxyl groups is 1. The fourth-order valence-electron chi connectivity index (χ4n) is 4.78. The van der Waals surface area contributed by atoms with E-state index in [1.165, 1.54) is 17.8 Å². The molecule has 1 atom stereocenters. The molecule has 2 heterocycles. The molecule has 3 aromatic carbocycles. The Hall–Kier alpha value is -2.86. The molecule has 1 fully saturated rings. The zero-order chi connectivity index (χ0) is 24.5. The Morgan fingerprint density at radius 3 is 2.66 bits per heavy atom. The summed E-state index contributed by atoms with van der Waals surface area (Å²) < 4.78 is 6.87.